The van der Waals surface area contributed by atoms with Crippen molar-refractivity contribution in [3.63, 3.8) is 0 Å². The average molecular weight is 401 g/mol. The van der Waals surface area contributed by atoms with E-state index in [1.165, 1.54) is 11.1 Å². The quantitative estimate of drug-likeness (QED) is 0.576. The molecule has 2 aliphatic rings. The molecular formula is C24H19NO3S. The number of nitrogens with one attached hydrogen (secondary N) is 1. The monoisotopic (exact) mass is 401 g/mol. The molecule has 2 aliphatic heterocycles. The fourth-order valence-electron chi connectivity index (χ4n) is 3.81. The molecule has 1 saturated heterocycles. The van der Waals surface area contributed by atoms with Crippen LogP contribution in [0.25, 0.3) is 28.0 Å². The predicted octanol–water partition coefficient (Wildman–Crippen LogP) is 5.50. The van der Waals surface area contributed by atoms with Gasteiger partial charge in [-0.25, -0.2) is 0 Å². The number of rotatable bonds is 2. The molecule has 29 heavy (non-hydrogen) atoms. The van der Waals surface area contributed by atoms with Crippen molar-refractivity contribution in [3.8, 4) is 16.9 Å². The van der Waals surface area contributed by atoms with E-state index in [0.29, 0.717) is 11.5 Å². The molecule has 1 fully saturated rings. The number of ether oxygens (including phenoxy) is 1. The zero-order chi connectivity index (χ0) is 20.2. The summed E-state index contributed by atoms with van der Waals surface area (Å²) in [6.07, 6.45) is 1.75. The van der Waals surface area contributed by atoms with E-state index in [1.807, 2.05) is 18.2 Å². The van der Waals surface area contributed by atoms with E-state index in [2.05, 4.69) is 55.6 Å². The van der Waals surface area contributed by atoms with Crippen molar-refractivity contribution in [1.29, 1.82) is 0 Å². The van der Waals surface area contributed by atoms with E-state index in [4.69, 9.17) is 4.74 Å². The summed E-state index contributed by atoms with van der Waals surface area (Å²) in [5.41, 5.74) is 4.50. The summed E-state index contributed by atoms with van der Waals surface area (Å²) in [4.78, 5) is 23.5. The summed E-state index contributed by atoms with van der Waals surface area (Å²) >= 11 is 0.934. The van der Waals surface area contributed by atoms with E-state index < -0.39 is 0 Å². The molecule has 0 radical (unpaired) electrons. The minimum Gasteiger partial charge on any atom is -0.492 e. The normalized spacial score (nSPS) is 18.8. The van der Waals surface area contributed by atoms with Crippen molar-refractivity contribution in [1.82, 2.24) is 5.32 Å². The first kappa shape index (κ1) is 18.0. The van der Waals surface area contributed by atoms with Crippen molar-refractivity contribution in [2.75, 3.05) is 6.61 Å². The Kier molecular flexibility index (Phi) is 4.03. The highest BCUT2D eigenvalue weighted by molar-refractivity contribution is 8.18. The standard InChI is InChI=1S/C24H19NO3S/c1-24(2)13-28-20-8-7-18(12-19(20)24)17-6-5-15-9-14(3-4-16(15)11-17)10-21-22(26)25-23(27)29-21/h3-12H,13H2,1-2H3,(H,25,26,27). The molecule has 0 atom stereocenters. The van der Waals surface area contributed by atoms with Crippen LogP contribution in [0.4, 0.5) is 4.79 Å². The molecule has 2 heterocycles. The summed E-state index contributed by atoms with van der Waals surface area (Å²) in [6.45, 7) is 5.12. The third-order valence-electron chi connectivity index (χ3n) is 5.43. The maximum absolute atomic E-state index is 11.8. The first-order valence-corrected chi connectivity index (χ1v) is 10.3. The lowest BCUT2D eigenvalue weighted by molar-refractivity contribution is -0.115. The van der Waals surface area contributed by atoms with Gasteiger partial charge in [-0.1, -0.05) is 44.2 Å². The molecule has 1 N–H and O–H groups in total. The lowest BCUT2D eigenvalue weighted by Gasteiger charge is -2.16. The van der Waals surface area contributed by atoms with Gasteiger partial charge in [0, 0.05) is 11.0 Å². The summed E-state index contributed by atoms with van der Waals surface area (Å²) in [5, 5.41) is 4.17. The molecule has 144 valence electrons. The Balaban J connectivity index is 1.50. The van der Waals surface area contributed by atoms with E-state index in [-0.39, 0.29) is 16.6 Å². The minimum absolute atomic E-state index is 0.0243. The fourth-order valence-corrected chi connectivity index (χ4v) is 4.49. The average Bonchev–Trinajstić information content (AvgIpc) is 3.18. The summed E-state index contributed by atoms with van der Waals surface area (Å²) in [5.74, 6) is 0.642. The number of carbonyl (C=O) groups excluding carboxylic acids is 2. The zero-order valence-electron chi connectivity index (χ0n) is 16.1. The summed E-state index contributed by atoms with van der Waals surface area (Å²) in [6, 6.07) is 18.8. The third-order valence-corrected chi connectivity index (χ3v) is 6.25. The van der Waals surface area contributed by atoms with Crippen LogP contribution in [0.3, 0.4) is 0 Å². The van der Waals surface area contributed by atoms with Gasteiger partial charge in [-0.3, -0.25) is 14.9 Å². The van der Waals surface area contributed by atoms with Crippen LogP contribution in [0, 0.1) is 0 Å². The van der Waals surface area contributed by atoms with Crippen LogP contribution in [-0.4, -0.2) is 17.8 Å². The SMILES string of the molecule is CC1(C)COc2ccc(-c3ccc4cc(C=C5SC(=O)NC5=O)ccc4c3)cc21. The van der Waals surface area contributed by atoms with E-state index in [0.717, 1.165) is 39.4 Å². The lowest BCUT2D eigenvalue weighted by atomic mass is 9.85. The lowest BCUT2D eigenvalue weighted by Crippen LogP contribution is -2.18. The van der Waals surface area contributed by atoms with Crippen LogP contribution in [0.5, 0.6) is 5.75 Å². The Hall–Kier alpha value is -3.05. The number of amides is 2. The van der Waals surface area contributed by atoms with E-state index >= 15 is 0 Å². The first-order chi connectivity index (χ1) is 13.9. The van der Waals surface area contributed by atoms with Gasteiger partial charge in [0.1, 0.15) is 5.75 Å². The molecule has 3 aromatic rings. The van der Waals surface area contributed by atoms with E-state index in [1.54, 1.807) is 6.08 Å². The molecule has 0 saturated carbocycles. The Morgan fingerprint density at radius 2 is 1.69 bits per heavy atom. The maximum atomic E-state index is 11.8. The molecule has 0 bridgehead atoms. The van der Waals surface area contributed by atoms with Crippen LogP contribution < -0.4 is 10.1 Å². The molecule has 5 heteroatoms. The molecule has 0 spiro atoms. The van der Waals surface area contributed by atoms with Gasteiger partial charge >= 0.3 is 0 Å². The number of fused-ring (bicyclic) bond motifs is 2. The molecule has 0 unspecified atom stereocenters. The zero-order valence-corrected chi connectivity index (χ0v) is 16.9. The van der Waals surface area contributed by atoms with Crippen LogP contribution in [0.15, 0.2) is 59.5 Å². The maximum Gasteiger partial charge on any atom is 0.290 e. The number of imide groups is 1. The van der Waals surface area contributed by atoms with Gasteiger partial charge in [0.25, 0.3) is 11.1 Å². The number of thioether (sulfide) groups is 1. The number of carbonyl (C=O) groups is 2. The van der Waals surface area contributed by atoms with Crippen LogP contribution in [0.1, 0.15) is 25.0 Å². The second kappa shape index (κ2) is 6.49. The second-order valence-corrected chi connectivity index (χ2v) is 9.07. The van der Waals surface area contributed by atoms with Crippen molar-refractivity contribution < 1.29 is 14.3 Å². The molecule has 4 nitrogen and oxygen atoms in total. The molecule has 5 rings (SSSR count). The van der Waals surface area contributed by atoms with Gasteiger partial charge in [-0.05, 0) is 69.6 Å². The Morgan fingerprint density at radius 3 is 2.48 bits per heavy atom. The molecular weight excluding hydrogens is 382 g/mol. The largest absolute Gasteiger partial charge is 0.492 e. The second-order valence-electron chi connectivity index (χ2n) is 8.06. The summed E-state index contributed by atoms with van der Waals surface area (Å²) < 4.78 is 5.80. The Morgan fingerprint density at radius 1 is 0.966 bits per heavy atom. The third kappa shape index (κ3) is 3.21. The summed E-state index contributed by atoms with van der Waals surface area (Å²) in [7, 11) is 0. The Labute approximate surface area is 172 Å². The van der Waals surface area contributed by atoms with Gasteiger partial charge in [-0.2, -0.15) is 0 Å². The molecule has 0 aliphatic carbocycles. The van der Waals surface area contributed by atoms with Crippen LogP contribution in [0.2, 0.25) is 0 Å². The van der Waals surface area contributed by atoms with Gasteiger partial charge in [0.15, 0.2) is 0 Å². The highest BCUT2D eigenvalue weighted by Gasteiger charge is 2.31. The fraction of sp³-hybridized carbons (Fsp3) is 0.167. The van der Waals surface area contributed by atoms with Gasteiger partial charge in [0.05, 0.1) is 11.5 Å². The Bertz CT molecular complexity index is 1230. The highest BCUT2D eigenvalue weighted by Crippen LogP contribution is 2.40. The van der Waals surface area contributed by atoms with Crippen molar-refractivity contribution in [3.05, 3.63) is 70.6 Å². The number of hydrogen-bond acceptors (Lipinski definition) is 4. The highest BCUT2D eigenvalue weighted by atomic mass is 32.2. The van der Waals surface area contributed by atoms with Gasteiger partial charge in [0.2, 0.25) is 0 Å². The van der Waals surface area contributed by atoms with Crippen molar-refractivity contribution >= 4 is 39.8 Å². The van der Waals surface area contributed by atoms with E-state index in [9.17, 15) is 9.59 Å². The topological polar surface area (TPSA) is 55.4 Å². The minimum atomic E-state index is -0.334. The van der Waals surface area contributed by atoms with Gasteiger partial charge < -0.3 is 4.74 Å². The molecule has 0 aromatic heterocycles. The predicted molar refractivity (Wildman–Crippen MR) is 117 cm³/mol. The van der Waals surface area contributed by atoms with Crippen molar-refractivity contribution in [2.45, 2.75) is 19.3 Å². The number of benzene rings is 3. The van der Waals surface area contributed by atoms with Crippen LogP contribution in [-0.2, 0) is 10.2 Å². The number of hydrogen-bond donors (Lipinski definition) is 1. The van der Waals surface area contributed by atoms with Crippen molar-refractivity contribution in [2.24, 2.45) is 0 Å². The van der Waals surface area contributed by atoms with Gasteiger partial charge in [-0.15, -0.1) is 0 Å². The van der Waals surface area contributed by atoms with Crippen LogP contribution >= 0.6 is 11.8 Å². The molecule has 3 aromatic carbocycles. The smallest absolute Gasteiger partial charge is 0.290 e. The molecule has 2 amide bonds. The first-order valence-electron chi connectivity index (χ1n) is 9.45.